The molecule has 0 saturated carbocycles. The number of carbonyl (C=O) groups excluding carboxylic acids is 2. The Morgan fingerprint density at radius 3 is 2.40 bits per heavy atom. The summed E-state index contributed by atoms with van der Waals surface area (Å²) < 4.78 is 10.6. The highest BCUT2D eigenvalue weighted by Gasteiger charge is 2.30. The maximum Gasteiger partial charge on any atom is 0.277 e. The van der Waals surface area contributed by atoms with Gasteiger partial charge in [0.15, 0.2) is 4.32 Å². The molecule has 0 unspecified atom stereocenters. The van der Waals surface area contributed by atoms with Crippen molar-refractivity contribution < 1.29 is 19.1 Å². The topological polar surface area (TPSA) is 67.9 Å². The normalized spacial score (nSPS) is 14.4. The average molecular weight is 312 g/mol. The van der Waals surface area contributed by atoms with Crippen LogP contribution in [0.2, 0.25) is 0 Å². The molecule has 8 heteroatoms. The van der Waals surface area contributed by atoms with Crippen LogP contribution in [-0.4, -0.2) is 41.1 Å². The van der Waals surface area contributed by atoms with E-state index in [2.05, 4.69) is 5.43 Å². The summed E-state index contributed by atoms with van der Waals surface area (Å²) in [7, 11) is 2.90. The predicted molar refractivity (Wildman–Crippen MR) is 78.9 cm³/mol. The number of thioether (sulfide) groups is 1. The molecule has 0 aromatic heterocycles. The summed E-state index contributed by atoms with van der Waals surface area (Å²) in [5.74, 6) is 0.154. The zero-order chi connectivity index (χ0) is 14.7. The van der Waals surface area contributed by atoms with E-state index in [4.69, 9.17) is 21.7 Å². The first-order valence-electron chi connectivity index (χ1n) is 5.60. The van der Waals surface area contributed by atoms with E-state index in [9.17, 15) is 9.59 Å². The number of hydrogen-bond acceptors (Lipinski definition) is 6. The minimum Gasteiger partial charge on any atom is -0.496 e. The fourth-order valence-electron chi connectivity index (χ4n) is 1.69. The summed E-state index contributed by atoms with van der Waals surface area (Å²) >= 11 is 6.20. The average Bonchev–Trinajstić information content (AvgIpc) is 2.77. The maximum atomic E-state index is 12.3. The van der Waals surface area contributed by atoms with Crippen molar-refractivity contribution in [3.05, 3.63) is 23.8 Å². The van der Waals surface area contributed by atoms with Crippen molar-refractivity contribution >= 4 is 40.1 Å². The molecule has 1 aromatic rings. The fraction of sp³-hybridized carbons (Fsp3) is 0.250. The summed E-state index contributed by atoms with van der Waals surface area (Å²) in [4.78, 5) is 23.9. The van der Waals surface area contributed by atoms with Crippen molar-refractivity contribution in [3.63, 3.8) is 0 Å². The van der Waals surface area contributed by atoms with Gasteiger partial charge in [-0.1, -0.05) is 30.0 Å². The van der Waals surface area contributed by atoms with Crippen LogP contribution in [-0.2, 0) is 4.79 Å². The van der Waals surface area contributed by atoms with Gasteiger partial charge in [0.2, 0.25) is 0 Å². The second-order valence-corrected chi connectivity index (χ2v) is 5.37. The summed E-state index contributed by atoms with van der Waals surface area (Å²) in [6.45, 7) is 0. The first-order chi connectivity index (χ1) is 9.58. The zero-order valence-electron chi connectivity index (χ0n) is 10.8. The number of nitrogens with zero attached hydrogens (tertiary/aromatic N) is 1. The van der Waals surface area contributed by atoms with E-state index in [-0.39, 0.29) is 17.2 Å². The van der Waals surface area contributed by atoms with Gasteiger partial charge >= 0.3 is 0 Å². The van der Waals surface area contributed by atoms with E-state index in [1.54, 1.807) is 18.2 Å². The highest BCUT2D eigenvalue weighted by Crippen LogP contribution is 2.28. The summed E-state index contributed by atoms with van der Waals surface area (Å²) in [6, 6.07) is 4.97. The molecule has 1 aliphatic heterocycles. The van der Waals surface area contributed by atoms with Gasteiger partial charge in [0, 0.05) is 0 Å². The molecule has 106 valence electrons. The number of hydrazine groups is 1. The first-order valence-corrected chi connectivity index (χ1v) is 6.99. The minimum absolute atomic E-state index is 0.213. The number of nitrogens with one attached hydrogen (secondary N) is 1. The van der Waals surface area contributed by atoms with Gasteiger partial charge in [-0.25, -0.2) is 5.01 Å². The molecule has 1 aliphatic rings. The molecule has 1 aromatic carbocycles. The van der Waals surface area contributed by atoms with Crippen LogP contribution in [0.25, 0.3) is 0 Å². The summed E-state index contributed by atoms with van der Waals surface area (Å²) in [5.41, 5.74) is 2.68. The van der Waals surface area contributed by atoms with E-state index in [0.717, 1.165) is 5.01 Å². The molecular formula is C12H12N2O4S2. The smallest absolute Gasteiger partial charge is 0.277 e. The van der Waals surface area contributed by atoms with Crippen LogP contribution in [0.1, 0.15) is 10.4 Å². The van der Waals surface area contributed by atoms with Crippen LogP contribution in [0.4, 0.5) is 0 Å². The Labute approximate surface area is 125 Å². The molecule has 0 spiro atoms. The van der Waals surface area contributed by atoms with Crippen LogP contribution in [0.15, 0.2) is 18.2 Å². The molecule has 1 heterocycles. The number of benzene rings is 1. The molecule has 6 nitrogen and oxygen atoms in total. The van der Waals surface area contributed by atoms with Gasteiger partial charge in [0.1, 0.15) is 17.1 Å². The third kappa shape index (κ3) is 2.70. The molecule has 0 bridgehead atoms. The van der Waals surface area contributed by atoms with E-state index < -0.39 is 5.91 Å². The predicted octanol–water partition coefficient (Wildman–Crippen LogP) is 1.21. The quantitative estimate of drug-likeness (QED) is 0.843. The molecule has 1 N–H and O–H groups in total. The Morgan fingerprint density at radius 2 is 1.95 bits per heavy atom. The Kier molecular flexibility index (Phi) is 4.46. The highest BCUT2D eigenvalue weighted by molar-refractivity contribution is 8.23. The molecular weight excluding hydrogens is 300 g/mol. The van der Waals surface area contributed by atoms with Gasteiger partial charge in [-0.05, 0) is 12.1 Å². The summed E-state index contributed by atoms with van der Waals surface area (Å²) in [5, 5.41) is 1.06. The number of ether oxygens (including phenoxy) is 2. The first kappa shape index (κ1) is 14.6. The number of amides is 2. The van der Waals surface area contributed by atoms with Crippen molar-refractivity contribution in [2.45, 2.75) is 0 Å². The largest absolute Gasteiger partial charge is 0.496 e. The lowest BCUT2D eigenvalue weighted by Gasteiger charge is -2.18. The van der Waals surface area contributed by atoms with Crippen LogP contribution in [0.5, 0.6) is 11.5 Å². The molecule has 0 radical (unpaired) electrons. The second-order valence-electron chi connectivity index (χ2n) is 3.76. The lowest BCUT2D eigenvalue weighted by molar-refractivity contribution is -0.125. The van der Waals surface area contributed by atoms with Crippen molar-refractivity contribution in [1.29, 1.82) is 0 Å². The van der Waals surface area contributed by atoms with Gasteiger partial charge in [-0.15, -0.1) is 0 Å². The fourth-order valence-corrected chi connectivity index (χ4v) is 2.67. The van der Waals surface area contributed by atoms with Crippen LogP contribution >= 0.6 is 24.0 Å². The third-order valence-corrected chi connectivity index (χ3v) is 3.98. The number of thiocarbonyl (C=S) groups is 1. The van der Waals surface area contributed by atoms with Crippen molar-refractivity contribution in [1.82, 2.24) is 10.4 Å². The Balaban J connectivity index is 2.29. The second kappa shape index (κ2) is 6.10. The van der Waals surface area contributed by atoms with Gasteiger partial charge in [0.25, 0.3) is 11.8 Å². The van der Waals surface area contributed by atoms with E-state index in [0.29, 0.717) is 15.8 Å². The number of carbonyl (C=O) groups is 2. The standard InChI is InChI=1S/C12H12N2O4S2/c1-17-7-4-3-5-8(18-2)10(7)11(16)13-14-9(15)6-20-12(14)19/h3-5H,6H2,1-2H3,(H,13,16). The lowest BCUT2D eigenvalue weighted by Crippen LogP contribution is -2.45. The monoisotopic (exact) mass is 312 g/mol. The SMILES string of the molecule is COc1cccc(OC)c1C(=O)NN1C(=O)CSC1=S. The summed E-state index contributed by atoms with van der Waals surface area (Å²) in [6.07, 6.45) is 0. The Bertz CT molecular complexity index is 538. The van der Waals surface area contributed by atoms with Gasteiger partial charge in [0.05, 0.1) is 20.0 Å². The highest BCUT2D eigenvalue weighted by atomic mass is 32.2. The lowest BCUT2D eigenvalue weighted by atomic mass is 10.1. The number of rotatable bonds is 4. The Hall–Kier alpha value is -1.80. The molecule has 0 aliphatic carbocycles. The molecule has 2 amide bonds. The molecule has 0 atom stereocenters. The van der Waals surface area contributed by atoms with E-state index >= 15 is 0 Å². The molecule has 2 rings (SSSR count). The van der Waals surface area contributed by atoms with Crippen LogP contribution in [0, 0.1) is 0 Å². The molecule has 20 heavy (non-hydrogen) atoms. The van der Waals surface area contributed by atoms with Crippen molar-refractivity contribution in [3.8, 4) is 11.5 Å². The zero-order valence-corrected chi connectivity index (χ0v) is 12.5. The van der Waals surface area contributed by atoms with Gasteiger partial charge in [-0.2, -0.15) is 0 Å². The number of methoxy groups -OCH3 is 2. The van der Waals surface area contributed by atoms with E-state index in [1.807, 2.05) is 0 Å². The van der Waals surface area contributed by atoms with Crippen LogP contribution in [0.3, 0.4) is 0 Å². The van der Waals surface area contributed by atoms with Crippen molar-refractivity contribution in [2.24, 2.45) is 0 Å². The van der Waals surface area contributed by atoms with Crippen LogP contribution < -0.4 is 14.9 Å². The van der Waals surface area contributed by atoms with Crippen molar-refractivity contribution in [2.75, 3.05) is 20.0 Å². The van der Waals surface area contributed by atoms with E-state index in [1.165, 1.54) is 26.0 Å². The molecule has 1 saturated heterocycles. The number of hydrogen-bond donors (Lipinski definition) is 1. The van der Waals surface area contributed by atoms with Gasteiger partial charge in [-0.3, -0.25) is 15.0 Å². The minimum atomic E-state index is -0.516. The Morgan fingerprint density at radius 1 is 1.35 bits per heavy atom. The third-order valence-electron chi connectivity index (χ3n) is 2.62. The maximum absolute atomic E-state index is 12.3. The van der Waals surface area contributed by atoms with Gasteiger partial charge < -0.3 is 9.47 Å². The molecule has 1 fully saturated rings.